The fourth-order valence-electron chi connectivity index (χ4n) is 2.14. The predicted octanol–water partition coefficient (Wildman–Crippen LogP) is 2.03. The van der Waals surface area contributed by atoms with E-state index >= 15 is 0 Å². The molecule has 1 heterocycles. The molecule has 1 saturated carbocycles. The van der Waals surface area contributed by atoms with E-state index in [0.717, 1.165) is 24.5 Å². The normalized spacial score (nSPS) is 19.2. The summed E-state index contributed by atoms with van der Waals surface area (Å²) in [6.07, 6.45) is 8.07. The lowest BCUT2D eigenvalue weighted by atomic mass is 10.1. The summed E-state index contributed by atoms with van der Waals surface area (Å²) in [6.45, 7) is 4.38. The molecule has 2 atom stereocenters. The second-order valence-electron chi connectivity index (χ2n) is 5.29. The van der Waals surface area contributed by atoms with Gasteiger partial charge in [0.1, 0.15) is 0 Å². The highest BCUT2D eigenvalue weighted by atomic mass is 15.3. The number of hydrogen-bond donors (Lipinski definition) is 2. The number of hydrazine groups is 1. The number of nitrogens with one attached hydrogen (secondary N) is 1. The van der Waals surface area contributed by atoms with Crippen molar-refractivity contribution in [3.05, 3.63) is 18.0 Å². The Bertz CT molecular complexity index is 343. The van der Waals surface area contributed by atoms with E-state index in [1.807, 2.05) is 0 Å². The van der Waals surface area contributed by atoms with Gasteiger partial charge in [-0.25, -0.2) is 0 Å². The van der Waals surface area contributed by atoms with Gasteiger partial charge in [-0.15, -0.1) is 0 Å². The molecular formula is C13H24N4. The maximum Gasteiger partial charge on any atom is 0.0640 e. The first-order valence-corrected chi connectivity index (χ1v) is 6.73. The largest absolute Gasteiger partial charge is 0.271 e. The van der Waals surface area contributed by atoms with Crippen molar-refractivity contribution in [2.45, 2.75) is 58.0 Å². The van der Waals surface area contributed by atoms with Gasteiger partial charge in [-0.1, -0.05) is 19.8 Å². The molecule has 0 amide bonds. The first-order valence-electron chi connectivity index (χ1n) is 6.73. The monoisotopic (exact) mass is 236 g/mol. The van der Waals surface area contributed by atoms with Crippen LogP contribution in [0.5, 0.6) is 0 Å². The predicted molar refractivity (Wildman–Crippen MR) is 69.4 cm³/mol. The van der Waals surface area contributed by atoms with Gasteiger partial charge in [0.25, 0.3) is 0 Å². The maximum absolute atomic E-state index is 5.60. The molecule has 0 spiro atoms. The second-order valence-corrected chi connectivity index (χ2v) is 5.29. The van der Waals surface area contributed by atoms with Crippen LogP contribution in [-0.4, -0.2) is 15.8 Å². The zero-order chi connectivity index (χ0) is 12.3. The summed E-state index contributed by atoms with van der Waals surface area (Å²) < 4.78 is 2.06. The van der Waals surface area contributed by atoms with E-state index in [-0.39, 0.29) is 0 Å². The molecule has 0 aromatic carbocycles. The molecule has 2 unspecified atom stereocenters. The van der Waals surface area contributed by atoms with Crippen LogP contribution in [0.2, 0.25) is 0 Å². The molecule has 1 aromatic rings. The highest BCUT2D eigenvalue weighted by Crippen LogP contribution is 2.33. The van der Waals surface area contributed by atoms with Crippen molar-refractivity contribution in [2.24, 2.45) is 11.8 Å². The zero-order valence-electron chi connectivity index (χ0n) is 10.9. The topological polar surface area (TPSA) is 55.9 Å². The third kappa shape index (κ3) is 3.54. The Morgan fingerprint density at radius 2 is 2.35 bits per heavy atom. The first kappa shape index (κ1) is 12.6. The van der Waals surface area contributed by atoms with E-state index in [2.05, 4.69) is 41.3 Å². The van der Waals surface area contributed by atoms with E-state index in [9.17, 15) is 0 Å². The van der Waals surface area contributed by atoms with Crippen LogP contribution in [0.25, 0.3) is 0 Å². The Kier molecular flexibility index (Phi) is 4.18. The van der Waals surface area contributed by atoms with Crippen LogP contribution in [0.4, 0.5) is 0 Å². The van der Waals surface area contributed by atoms with Gasteiger partial charge in [0.2, 0.25) is 0 Å². The molecule has 96 valence electrons. The molecule has 2 rings (SSSR count). The summed E-state index contributed by atoms with van der Waals surface area (Å²) in [4.78, 5) is 0. The Hall–Kier alpha value is -0.870. The first-order chi connectivity index (χ1) is 8.22. The van der Waals surface area contributed by atoms with Gasteiger partial charge in [0.15, 0.2) is 0 Å². The van der Waals surface area contributed by atoms with E-state index < -0.39 is 0 Å². The maximum atomic E-state index is 5.60. The van der Waals surface area contributed by atoms with Crippen molar-refractivity contribution in [3.63, 3.8) is 0 Å². The number of rotatable bonds is 7. The molecule has 1 aliphatic rings. The highest BCUT2D eigenvalue weighted by Gasteiger charge is 2.25. The molecule has 1 fully saturated rings. The molecule has 0 aliphatic heterocycles. The van der Waals surface area contributed by atoms with Gasteiger partial charge in [0.05, 0.1) is 5.69 Å². The molecule has 1 aromatic heterocycles. The van der Waals surface area contributed by atoms with Crippen LogP contribution in [0.3, 0.4) is 0 Å². The van der Waals surface area contributed by atoms with Gasteiger partial charge in [0, 0.05) is 24.7 Å². The van der Waals surface area contributed by atoms with Crippen molar-refractivity contribution in [1.82, 2.24) is 15.2 Å². The molecule has 4 heteroatoms. The van der Waals surface area contributed by atoms with Gasteiger partial charge >= 0.3 is 0 Å². The third-order valence-electron chi connectivity index (χ3n) is 3.71. The van der Waals surface area contributed by atoms with Crippen LogP contribution in [0.15, 0.2) is 12.3 Å². The average Bonchev–Trinajstić information content (AvgIpc) is 3.04. The van der Waals surface area contributed by atoms with Crippen molar-refractivity contribution in [3.8, 4) is 0 Å². The molecule has 0 saturated heterocycles. The van der Waals surface area contributed by atoms with E-state index in [1.165, 1.54) is 19.3 Å². The number of aromatic nitrogens is 2. The summed E-state index contributed by atoms with van der Waals surface area (Å²) >= 11 is 0. The number of nitrogens with zero attached hydrogens (tertiary/aromatic N) is 2. The summed E-state index contributed by atoms with van der Waals surface area (Å²) in [6, 6.07) is 2.97. The van der Waals surface area contributed by atoms with Crippen molar-refractivity contribution in [2.75, 3.05) is 0 Å². The van der Waals surface area contributed by atoms with Crippen LogP contribution < -0.4 is 11.3 Å². The molecule has 1 aliphatic carbocycles. The minimum absolute atomic E-state index is 0.378. The molecule has 0 bridgehead atoms. The third-order valence-corrected chi connectivity index (χ3v) is 3.71. The molecule has 0 radical (unpaired) electrons. The number of nitrogens with two attached hydrogens (primary N) is 1. The van der Waals surface area contributed by atoms with Crippen molar-refractivity contribution < 1.29 is 0 Å². The van der Waals surface area contributed by atoms with E-state index in [1.54, 1.807) is 0 Å². The lowest BCUT2D eigenvalue weighted by molar-refractivity contribution is 0.445. The summed E-state index contributed by atoms with van der Waals surface area (Å²) in [5, 5.41) is 4.62. The van der Waals surface area contributed by atoms with Gasteiger partial charge in [-0.05, 0) is 31.7 Å². The highest BCUT2D eigenvalue weighted by molar-refractivity contribution is 5.02. The zero-order valence-corrected chi connectivity index (χ0v) is 10.9. The van der Waals surface area contributed by atoms with Crippen molar-refractivity contribution >= 4 is 0 Å². The SMILES string of the molecule is CCC(C)n1ccc(CC(CC2CC2)NN)n1. The van der Waals surface area contributed by atoms with Crippen LogP contribution in [0.1, 0.15) is 51.3 Å². The standard InChI is InChI=1S/C13H24N4/c1-3-10(2)17-7-6-12(16-17)9-13(15-14)8-11-4-5-11/h6-7,10-11,13,15H,3-5,8-9,14H2,1-2H3. The van der Waals surface area contributed by atoms with Crippen LogP contribution >= 0.6 is 0 Å². The Morgan fingerprint density at radius 1 is 1.59 bits per heavy atom. The average molecular weight is 236 g/mol. The van der Waals surface area contributed by atoms with Crippen LogP contribution in [-0.2, 0) is 6.42 Å². The molecule has 4 nitrogen and oxygen atoms in total. The van der Waals surface area contributed by atoms with Gasteiger partial charge in [-0.2, -0.15) is 5.10 Å². The Morgan fingerprint density at radius 3 is 2.94 bits per heavy atom. The fraction of sp³-hybridized carbons (Fsp3) is 0.769. The number of hydrogen-bond acceptors (Lipinski definition) is 3. The van der Waals surface area contributed by atoms with E-state index in [4.69, 9.17) is 5.84 Å². The van der Waals surface area contributed by atoms with Gasteiger partial charge in [-0.3, -0.25) is 16.0 Å². The Balaban J connectivity index is 1.89. The fourth-order valence-corrected chi connectivity index (χ4v) is 2.14. The minimum atomic E-state index is 0.378. The lowest BCUT2D eigenvalue weighted by Crippen LogP contribution is -2.37. The summed E-state index contributed by atoms with van der Waals surface area (Å²) in [5.74, 6) is 6.50. The quantitative estimate of drug-likeness (QED) is 0.562. The van der Waals surface area contributed by atoms with Crippen molar-refractivity contribution in [1.29, 1.82) is 0 Å². The smallest absolute Gasteiger partial charge is 0.0640 e. The molecule has 17 heavy (non-hydrogen) atoms. The summed E-state index contributed by atoms with van der Waals surface area (Å²) in [5.41, 5.74) is 4.07. The lowest BCUT2D eigenvalue weighted by Gasteiger charge is -2.14. The van der Waals surface area contributed by atoms with E-state index in [0.29, 0.717) is 12.1 Å². The molecule has 3 N–H and O–H groups in total. The molecular weight excluding hydrogens is 212 g/mol. The minimum Gasteiger partial charge on any atom is -0.271 e. The summed E-state index contributed by atoms with van der Waals surface area (Å²) in [7, 11) is 0. The Labute approximate surface area is 104 Å². The van der Waals surface area contributed by atoms with Gasteiger partial charge < -0.3 is 0 Å². The second kappa shape index (κ2) is 5.65. The van der Waals surface area contributed by atoms with Crippen LogP contribution in [0, 0.1) is 5.92 Å².